The number of hydrogen-bond donors (Lipinski definition) is 0. The van der Waals surface area contributed by atoms with E-state index >= 15 is 0 Å². The van der Waals surface area contributed by atoms with Gasteiger partial charge in [-0.05, 0) is 64.9 Å². The summed E-state index contributed by atoms with van der Waals surface area (Å²) >= 11 is 0. The van der Waals surface area contributed by atoms with Gasteiger partial charge in [0.05, 0.1) is 43.0 Å². The number of fused-ring (bicyclic) bond motifs is 2. The largest absolute Gasteiger partial charge is 0.416 e. The fourth-order valence-electron chi connectivity index (χ4n) is 7.90. The molecule has 4 aromatic carbocycles. The van der Waals surface area contributed by atoms with E-state index < -0.39 is 41.2 Å². The number of ether oxygens (including phenoxy) is 2. The Bertz CT molecular complexity index is 1910. The molecule has 0 aliphatic carbocycles. The van der Waals surface area contributed by atoms with Crippen LogP contribution in [0.2, 0.25) is 0 Å². The predicted molar refractivity (Wildman–Crippen MR) is 179 cm³/mol. The van der Waals surface area contributed by atoms with E-state index in [0.717, 1.165) is 28.8 Å². The second kappa shape index (κ2) is 14.4. The van der Waals surface area contributed by atoms with Crippen LogP contribution in [-0.4, -0.2) is 43.9 Å². The maximum absolute atomic E-state index is 14.1. The van der Waals surface area contributed by atoms with E-state index in [1.165, 1.54) is 4.80 Å². The summed E-state index contributed by atoms with van der Waals surface area (Å²) in [5, 5.41) is 13.1. The highest BCUT2D eigenvalue weighted by Gasteiger charge is 2.61. The smallest absolute Gasteiger partial charge is 0.374 e. The number of benzene rings is 4. The predicted octanol–water partition coefficient (Wildman–Crippen LogP) is 8.64. The number of rotatable bonds is 11. The van der Waals surface area contributed by atoms with Gasteiger partial charge in [0.2, 0.25) is 0 Å². The van der Waals surface area contributed by atoms with Gasteiger partial charge < -0.3 is 9.47 Å². The van der Waals surface area contributed by atoms with Crippen LogP contribution in [0, 0.1) is 0 Å². The zero-order valence-corrected chi connectivity index (χ0v) is 28.3. The minimum atomic E-state index is -5.02. The Morgan fingerprint density at radius 3 is 1.96 bits per heavy atom. The minimum absolute atomic E-state index is 0.0531. The van der Waals surface area contributed by atoms with Crippen LogP contribution < -0.4 is 0 Å². The number of aryl methyl sites for hydroxylation is 1. The van der Waals surface area contributed by atoms with E-state index in [9.17, 15) is 26.3 Å². The van der Waals surface area contributed by atoms with Gasteiger partial charge in [0.25, 0.3) is 0 Å². The Labute approximate surface area is 297 Å². The first-order valence-corrected chi connectivity index (χ1v) is 17.1. The van der Waals surface area contributed by atoms with Gasteiger partial charge in [-0.3, -0.25) is 4.90 Å². The van der Waals surface area contributed by atoms with Crippen molar-refractivity contribution in [2.75, 3.05) is 6.61 Å². The van der Waals surface area contributed by atoms with E-state index in [-0.39, 0.29) is 36.8 Å². The van der Waals surface area contributed by atoms with Crippen LogP contribution in [0.1, 0.15) is 70.5 Å². The highest BCUT2D eigenvalue weighted by molar-refractivity contribution is 5.37. The Balaban J connectivity index is 1.34. The molecule has 272 valence electrons. The van der Waals surface area contributed by atoms with Crippen molar-refractivity contribution in [1.82, 2.24) is 25.1 Å². The molecular weight excluding hydrogens is 684 g/mol. The number of piperidine rings is 1. The lowest BCUT2D eigenvalue weighted by Crippen LogP contribution is -2.57. The highest BCUT2D eigenvalue weighted by Crippen LogP contribution is 2.58. The third-order valence-corrected chi connectivity index (χ3v) is 10.2. The van der Waals surface area contributed by atoms with Crippen LogP contribution in [0.4, 0.5) is 26.3 Å². The third kappa shape index (κ3) is 7.35. The molecule has 1 aromatic heterocycles. The molecular formula is C39H37F6N5O2. The van der Waals surface area contributed by atoms with Crippen molar-refractivity contribution in [2.45, 2.75) is 74.5 Å². The highest BCUT2D eigenvalue weighted by atomic mass is 19.4. The summed E-state index contributed by atoms with van der Waals surface area (Å²) in [6.07, 6.45) is -10.4. The molecule has 7 rings (SSSR count). The quantitative estimate of drug-likeness (QED) is 0.127. The lowest BCUT2D eigenvalue weighted by molar-refractivity contribution is -0.150. The van der Waals surface area contributed by atoms with Crippen LogP contribution in [0.15, 0.2) is 109 Å². The third-order valence-electron chi connectivity index (χ3n) is 10.2. The summed E-state index contributed by atoms with van der Waals surface area (Å²) in [4.78, 5) is 3.77. The molecule has 0 N–H and O–H groups in total. The normalized spacial score (nSPS) is 22.8. The molecule has 3 unspecified atom stereocenters. The second-order valence-corrected chi connectivity index (χ2v) is 13.4. The van der Waals surface area contributed by atoms with E-state index in [1.807, 2.05) is 91.0 Å². The molecule has 52 heavy (non-hydrogen) atoms. The fraction of sp³-hybridized carbons (Fsp3) is 0.359. The average Bonchev–Trinajstić information content (AvgIpc) is 3.65. The maximum atomic E-state index is 14.1. The zero-order valence-electron chi connectivity index (χ0n) is 28.3. The molecule has 2 aliphatic heterocycles. The SMILES string of the molecule is Cn1nnc(C2C[C@@]3(c4ccccc4)C(O[C@@H](COCc4ccccc4)c4cc(C(F)(F)F)cc(C(F)(F)F)c4)CCC2N3Cc2ccccc2)n1. The molecule has 2 fully saturated rings. The molecule has 7 nitrogen and oxygen atoms in total. The van der Waals surface area contributed by atoms with Crippen molar-refractivity contribution in [3.63, 3.8) is 0 Å². The molecule has 5 atom stereocenters. The number of aromatic nitrogens is 4. The molecule has 2 aliphatic rings. The zero-order chi connectivity index (χ0) is 36.5. The summed E-state index contributed by atoms with van der Waals surface area (Å²) in [6.45, 7) is 0.309. The van der Waals surface area contributed by atoms with Gasteiger partial charge in [0, 0.05) is 18.5 Å². The first kappa shape index (κ1) is 35.8. The Morgan fingerprint density at radius 2 is 1.38 bits per heavy atom. The van der Waals surface area contributed by atoms with E-state index in [2.05, 4.69) is 20.3 Å². The Hall–Kier alpha value is -4.59. The summed E-state index contributed by atoms with van der Waals surface area (Å²) in [7, 11) is 1.70. The van der Waals surface area contributed by atoms with Crippen LogP contribution >= 0.6 is 0 Å². The summed E-state index contributed by atoms with van der Waals surface area (Å²) in [5.41, 5.74) is -1.19. The van der Waals surface area contributed by atoms with Crippen molar-refractivity contribution in [2.24, 2.45) is 7.05 Å². The fourth-order valence-corrected chi connectivity index (χ4v) is 7.90. The molecule has 13 heteroatoms. The Kier molecular flexibility index (Phi) is 9.94. The van der Waals surface area contributed by atoms with Crippen molar-refractivity contribution in [3.8, 4) is 0 Å². The van der Waals surface area contributed by atoms with Gasteiger partial charge in [-0.1, -0.05) is 91.0 Å². The van der Waals surface area contributed by atoms with Gasteiger partial charge in [-0.2, -0.15) is 31.1 Å². The van der Waals surface area contributed by atoms with Crippen molar-refractivity contribution in [3.05, 3.63) is 148 Å². The molecule has 0 saturated carbocycles. The standard InChI is InChI=1S/C39H37F6N5O2/c1-49-47-36(46-48-49)32-22-37(29-15-9-4-10-16-29)35(18-17-33(32)50(37)23-26-11-5-2-6-12-26)52-34(25-51-24-27-13-7-3-8-14-27)28-19-30(38(40,41)42)21-31(20-28)39(43,44)45/h2-16,19-21,32-35H,17-18,22-25H2,1H3/t32?,33?,34-,35?,37+/m0/s1. The van der Waals surface area contributed by atoms with Crippen LogP contribution in [0.3, 0.4) is 0 Å². The number of nitrogens with zero attached hydrogens (tertiary/aromatic N) is 5. The molecule has 3 heterocycles. The molecule has 2 bridgehead atoms. The van der Waals surface area contributed by atoms with Crippen molar-refractivity contribution < 1.29 is 35.8 Å². The average molecular weight is 722 g/mol. The van der Waals surface area contributed by atoms with Gasteiger partial charge >= 0.3 is 12.4 Å². The van der Waals surface area contributed by atoms with Gasteiger partial charge in [-0.25, -0.2) is 0 Å². The molecule has 5 aromatic rings. The van der Waals surface area contributed by atoms with Crippen molar-refractivity contribution >= 4 is 0 Å². The minimum Gasteiger partial charge on any atom is -0.374 e. The van der Waals surface area contributed by atoms with Crippen LogP contribution in [-0.2, 0) is 47.6 Å². The molecule has 0 radical (unpaired) electrons. The number of hydrogen-bond acceptors (Lipinski definition) is 6. The van der Waals surface area contributed by atoms with E-state index in [4.69, 9.17) is 9.47 Å². The van der Waals surface area contributed by atoms with Gasteiger partial charge in [0.1, 0.15) is 6.10 Å². The lowest BCUT2D eigenvalue weighted by Gasteiger charge is -2.51. The number of halogens is 6. The molecule has 0 spiro atoms. The lowest BCUT2D eigenvalue weighted by atomic mass is 9.78. The Morgan fingerprint density at radius 1 is 0.788 bits per heavy atom. The number of alkyl halides is 6. The van der Waals surface area contributed by atoms with Gasteiger partial charge in [-0.15, -0.1) is 10.2 Å². The first-order chi connectivity index (χ1) is 24.9. The van der Waals surface area contributed by atoms with E-state index in [0.29, 0.717) is 31.6 Å². The monoisotopic (exact) mass is 721 g/mol. The maximum Gasteiger partial charge on any atom is 0.416 e. The first-order valence-electron chi connectivity index (χ1n) is 17.1. The van der Waals surface area contributed by atoms with Crippen molar-refractivity contribution in [1.29, 1.82) is 0 Å². The van der Waals surface area contributed by atoms with E-state index in [1.54, 1.807) is 7.05 Å². The number of tetrazole rings is 1. The second-order valence-electron chi connectivity index (χ2n) is 13.4. The molecule has 2 saturated heterocycles. The summed E-state index contributed by atoms with van der Waals surface area (Å²) in [6, 6.07) is 30.3. The molecule has 0 amide bonds. The summed E-state index contributed by atoms with van der Waals surface area (Å²) < 4.78 is 97.8. The van der Waals surface area contributed by atoms with Crippen LogP contribution in [0.25, 0.3) is 0 Å². The topological polar surface area (TPSA) is 65.3 Å². The van der Waals surface area contributed by atoms with Gasteiger partial charge in [0.15, 0.2) is 5.82 Å². The van der Waals surface area contributed by atoms with Crippen LogP contribution in [0.5, 0.6) is 0 Å². The summed E-state index contributed by atoms with van der Waals surface area (Å²) in [5.74, 6) is 0.392.